The van der Waals surface area contributed by atoms with Gasteiger partial charge in [0.05, 0.1) is 6.61 Å². The zero-order valence-electron chi connectivity index (χ0n) is 13.5. The van der Waals surface area contributed by atoms with Crippen LogP contribution >= 0.6 is 0 Å². The first kappa shape index (κ1) is 31.9. The van der Waals surface area contributed by atoms with Gasteiger partial charge in [-0.05, 0) is 6.92 Å². The van der Waals surface area contributed by atoms with Crippen LogP contribution in [-0.2, 0) is 23.9 Å². The van der Waals surface area contributed by atoms with E-state index in [1.165, 1.54) is 0 Å². The van der Waals surface area contributed by atoms with Crippen LogP contribution in [0.25, 0.3) is 0 Å². The van der Waals surface area contributed by atoms with Gasteiger partial charge in [0.15, 0.2) is 0 Å². The molecule has 134 valence electrons. The quantitative estimate of drug-likeness (QED) is 0.452. The van der Waals surface area contributed by atoms with E-state index in [1.807, 2.05) is 6.92 Å². The second-order valence-corrected chi connectivity index (χ2v) is 3.06. The lowest BCUT2D eigenvalue weighted by atomic mass is 10.7. The van der Waals surface area contributed by atoms with E-state index in [0.29, 0.717) is 13.2 Å². The van der Waals surface area contributed by atoms with Gasteiger partial charge >= 0.3 is 0 Å². The third kappa shape index (κ3) is 7850. The van der Waals surface area contributed by atoms with Gasteiger partial charge in [-0.3, -0.25) is 19.2 Å². The third-order valence-electron chi connectivity index (χ3n) is 0.466. The fourth-order valence-electron chi connectivity index (χ4n) is 0.228. The van der Waals surface area contributed by atoms with Crippen LogP contribution in [0.3, 0.4) is 0 Å². The Morgan fingerprint density at radius 2 is 0.955 bits per heavy atom. The maximum absolute atomic E-state index is 9.00. The van der Waals surface area contributed by atoms with E-state index >= 15 is 0 Å². The van der Waals surface area contributed by atoms with Crippen LogP contribution in [-0.4, -0.2) is 64.1 Å². The van der Waals surface area contributed by atoms with Gasteiger partial charge in [0.1, 0.15) is 0 Å². The monoisotopic (exact) mass is 329 g/mol. The molecule has 0 bridgehead atoms. The summed E-state index contributed by atoms with van der Waals surface area (Å²) in [6.45, 7) is 8.39. The van der Waals surface area contributed by atoms with Gasteiger partial charge < -0.3 is 30.9 Å². The molecule has 0 saturated heterocycles. The molecular formula is C12H27NO9. The summed E-state index contributed by atoms with van der Waals surface area (Å²) in [4.78, 5) is 36.0. The molecule has 0 fully saturated rings. The first-order valence-electron chi connectivity index (χ1n) is 5.90. The van der Waals surface area contributed by atoms with Crippen molar-refractivity contribution in [2.24, 2.45) is 5.73 Å². The lowest BCUT2D eigenvalue weighted by Gasteiger charge is -1.91. The summed E-state index contributed by atoms with van der Waals surface area (Å²) in [5, 5.41) is 29.7. The smallest absolute Gasteiger partial charge is 0.300 e. The molecule has 10 nitrogen and oxygen atoms in total. The maximum Gasteiger partial charge on any atom is 0.300 e. The van der Waals surface area contributed by atoms with E-state index in [4.69, 9.17) is 50.1 Å². The van der Waals surface area contributed by atoms with E-state index in [9.17, 15) is 0 Å². The van der Waals surface area contributed by atoms with Crippen LogP contribution in [0.15, 0.2) is 0 Å². The second kappa shape index (κ2) is 31.3. The van der Waals surface area contributed by atoms with Crippen molar-refractivity contribution in [1.82, 2.24) is 0 Å². The Labute approximate surface area is 129 Å². The fraction of sp³-hybridized carbons (Fsp3) is 0.667. The van der Waals surface area contributed by atoms with Gasteiger partial charge in [-0.2, -0.15) is 0 Å². The van der Waals surface area contributed by atoms with Crippen molar-refractivity contribution in [3.63, 3.8) is 0 Å². The molecule has 0 radical (unpaired) electrons. The topological polar surface area (TPSA) is 184 Å². The summed E-state index contributed by atoms with van der Waals surface area (Å²) < 4.78 is 4.86. The highest BCUT2D eigenvalue weighted by Gasteiger charge is 1.72. The van der Waals surface area contributed by atoms with E-state index in [2.05, 4.69) is 0 Å². The van der Waals surface area contributed by atoms with Crippen LogP contribution < -0.4 is 5.73 Å². The highest BCUT2D eigenvalue weighted by molar-refractivity contribution is 5.63. The van der Waals surface area contributed by atoms with Gasteiger partial charge in [-0.25, -0.2) is 0 Å². The van der Waals surface area contributed by atoms with E-state index in [1.54, 1.807) is 0 Å². The molecule has 0 amide bonds. The molecule has 0 atom stereocenters. The van der Waals surface area contributed by atoms with Crippen LogP contribution in [0, 0.1) is 0 Å². The number of rotatable bonds is 3. The zero-order chi connectivity index (χ0) is 19.1. The van der Waals surface area contributed by atoms with Gasteiger partial charge in [0, 0.05) is 40.8 Å². The Balaban J connectivity index is -0.0000000555. The SMILES string of the molecule is CC(=O)O.CC(=O)O.CC(=O)O.CC(=O)O.CCOCCN. The molecule has 0 aromatic rings. The molecule has 0 spiro atoms. The molecule has 6 N–H and O–H groups in total. The van der Waals surface area contributed by atoms with Crippen LogP contribution in [0.2, 0.25) is 0 Å². The normalized spacial score (nSPS) is 7.00. The number of carbonyl (C=O) groups is 4. The minimum absolute atomic E-state index is 0.633. The van der Waals surface area contributed by atoms with Gasteiger partial charge in [0.25, 0.3) is 23.9 Å². The highest BCUT2D eigenvalue weighted by atomic mass is 16.5. The average molecular weight is 329 g/mol. The molecule has 0 aliphatic carbocycles. The third-order valence-corrected chi connectivity index (χ3v) is 0.466. The minimum atomic E-state index is -0.833. The van der Waals surface area contributed by atoms with E-state index < -0.39 is 23.9 Å². The van der Waals surface area contributed by atoms with Crippen LogP contribution in [0.4, 0.5) is 0 Å². The summed E-state index contributed by atoms with van der Waals surface area (Å²) >= 11 is 0. The molecule has 10 heteroatoms. The summed E-state index contributed by atoms with van der Waals surface area (Å²) in [5.41, 5.74) is 5.09. The van der Waals surface area contributed by atoms with Crippen LogP contribution in [0.5, 0.6) is 0 Å². The largest absolute Gasteiger partial charge is 0.481 e. The molecule has 0 rings (SSSR count). The van der Waals surface area contributed by atoms with Crippen molar-refractivity contribution in [3.05, 3.63) is 0 Å². The molecule has 0 heterocycles. The summed E-state index contributed by atoms with van der Waals surface area (Å²) in [6, 6.07) is 0. The zero-order valence-corrected chi connectivity index (χ0v) is 13.5. The highest BCUT2D eigenvalue weighted by Crippen LogP contribution is 1.64. The number of hydrogen-bond acceptors (Lipinski definition) is 6. The molecule has 0 saturated carbocycles. The lowest BCUT2D eigenvalue weighted by Crippen LogP contribution is -2.07. The predicted molar refractivity (Wildman–Crippen MR) is 78.8 cm³/mol. The Bertz CT molecular complexity index is 212. The fourth-order valence-corrected chi connectivity index (χ4v) is 0.228. The minimum Gasteiger partial charge on any atom is -0.481 e. The number of ether oxygens (including phenoxy) is 1. The molecular weight excluding hydrogens is 302 g/mol. The second-order valence-electron chi connectivity index (χ2n) is 3.06. The molecule has 0 aromatic carbocycles. The Hall–Kier alpha value is -2.20. The van der Waals surface area contributed by atoms with Gasteiger partial charge in [-0.15, -0.1) is 0 Å². The van der Waals surface area contributed by atoms with Gasteiger partial charge in [0.2, 0.25) is 0 Å². The van der Waals surface area contributed by atoms with Crippen molar-refractivity contribution in [2.75, 3.05) is 19.8 Å². The molecule has 0 unspecified atom stereocenters. The number of nitrogens with two attached hydrogens (primary N) is 1. The Morgan fingerprint density at radius 3 is 1.00 bits per heavy atom. The van der Waals surface area contributed by atoms with Crippen molar-refractivity contribution in [2.45, 2.75) is 34.6 Å². The molecule has 22 heavy (non-hydrogen) atoms. The Kier molecular flexibility index (Phi) is 45.4. The summed E-state index contributed by atoms with van der Waals surface area (Å²) in [5.74, 6) is -3.33. The van der Waals surface area contributed by atoms with Crippen molar-refractivity contribution in [1.29, 1.82) is 0 Å². The number of carboxylic acid groups (broad SMARTS) is 4. The number of aliphatic carboxylic acids is 4. The molecule has 0 aliphatic heterocycles. The maximum atomic E-state index is 9.00. The van der Waals surface area contributed by atoms with Crippen LogP contribution in [0.1, 0.15) is 34.6 Å². The van der Waals surface area contributed by atoms with Crippen molar-refractivity contribution >= 4 is 23.9 Å². The lowest BCUT2D eigenvalue weighted by molar-refractivity contribution is -0.135. The molecule has 0 aromatic heterocycles. The van der Waals surface area contributed by atoms with Crippen molar-refractivity contribution in [3.8, 4) is 0 Å². The number of hydrogen-bond donors (Lipinski definition) is 5. The first-order chi connectivity index (χ1) is 9.84. The molecule has 0 aliphatic rings. The summed E-state index contributed by atoms with van der Waals surface area (Å²) in [6.07, 6.45) is 0. The Morgan fingerprint density at radius 1 is 0.773 bits per heavy atom. The van der Waals surface area contributed by atoms with Gasteiger partial charge in [-0.1, -0.05) is 0 Å². The first-order valence-corrected chi connectivity index (χ1v) is 5.90. The standard InChI is InChI=1S/C4H11NO.4C2H4O2/c1-2-6-4-3-5;4*1-2(3)4/h2-5H2,1H3;4*1H3,(H,3,4). The average Bonchev–Trinajstić information content (AvgIpc) is 2.23. The predicted octanol–water partition coefficient (Wildman–Crippen LogP) is 0.345. The summed E-state index contributed by atoms with van der Waals surface area (Å²) in [7, 11) is 0. The number of carboxylic acids is 4. The van der Waals surface area contributed by atoms with E-state index in [0.717, 1.165) is 34.3 Å². The van der Waals surface area contributed by atoms with Crippen molar-refractivity contribution < 1.29 is 44.3 Å². The van der Waals surface area contributed by atoms with E-state index in [-0.39, 0.29) is 0 Å².